The summed E-state index contributed by atoms with van der Waals surface area (Å²) in [5.41, 5.74) is 7.09. The molecule has 0 aliphatic heterocycles. The largest absolute Gasteiger partial charge is 0.197 e. The summed E-state index contributed by atoms with van der Waals surface area (Å²) in [5, 5.41) is 21.3. The van der Waals surface area contributed by atoms with E-state index >= 15 is 0 Å². The van der Waals surface area contributed by atoms with Gasteiger partial charge in [0.2, 0.25) is 0 Å². The highest BCUT2D eigenvalue weighted by atomic mass is 15.1. The minimum atomic E-state index is -0.975. The summed E-state index contributed by atoms with van der Waals surface area (Å²) in [4.78, 5) is 2.61. The van der Waals surface area contributed by atoms with E-state index in [1.165, 1.54) is 0 Å². The van der Waals surface area contributed by atoms with Crippen molar-refractivity contribution in [3.05, 3.63) is 22.6 Å². The molecule has 0 heterocycles. The molecule has 0 amide bonds. The summed E-state index contributed by atoms with van der Waals surface area (Å²) in [7, 11) is 0. The van der Waals surface area contributed by atoms with Gasteiger partial charge in [0.15, 0.2) is 0 Å². The Kier molecular flexibility index (Phi) is 6.46. The minimum absolute atomic E-state index is 0.331. The average Bonchev–Trinajstić information content (AvgIpc) is 2.29. The highest BCUT2D eigenvalue weighted by Crippen LogP contribution is 2.27. The highest BCUT2D eigenvalue weighted by Gasteiger charge is 2.27. The van der Waals surface area contributed by atoms with Crippen LogP contribution >= 0.6 is 0 Å². The van der Waals surface area contributed by atoms with Gasteiger partial charge in [-0.05, 0) is 31.7 Å². The maximum Gasteiger partial charge on any atom is 0.147 e. The number of nitriles is 2. The molecule has 0 atom stereocenters. The lowest BCUT2D eigenvalue weighted by atomic mass is 9.83. The molecular formula is C10H13N5. The fourth-order valence-corrected chi connectivity index (χ4v) is 1.15. The van der Waals surface area contributed by atoms with Crippen LogP contribution in [0.2, 0.25) is 0 Å². The summed E-state index contributed by atoms with van der Waals surface area (Å²) in [6.07, 6.45) is 5.04. The van der Waals surface area contributed by atoms with Gasteiger partial charge in [-0.3, -0.25) is 0 Å². The van der Waals surface area contributed by atoms with Crippen LogP contribution in [0.25, 0.3) is 10.4 Å². The van der Waals surface area contributed by atoms with E-state index in [4.69, 9.17) is 16.1 Å². The van der Waals surface area contributed by atoms with E-state index in [1.54, 1.807) is 6.08 Å². The molecule has 5 heteroatoms. The molecule has 0 rings (SSSR count). The lowest BCUT2D eigenvalue weighted by Crippen LogP contribution is -2.15. The van der Waals surface area contributed by atoms with Crippen molar-refractivity contribution in [1.29, 1.82) is 10.5 Å². The van der Waals surface area contributed by atoms with Gasteiger partial charge in [-0.15, -0.1) is 0 Å². The summed E-state index contributed by atoms with van der Waals surface area (Å²) in [5.74, 6) is 0. The molecule has 0 bridgehead atoms. The Balaban J connectivity index is 4.33. The molecule has 0 aromatic heterocycles. The maximum atomic E-state index is 8.95. The third-order valence-electron chi connectivity index (χ3n) is 2.05. The Hall–Kier alpha value is -1.97. The van der Waals surface area contributed by atoms with Crippen LogP contribution in [0.5, 0.6) is 0 Å². The van der Waals surface area contributed by atoms with Crippen molar-refractivity contribution in [1.82, 2.24) is 0 Å². The molecule has 78 valence electrons. The van der Waals surface area contributed by atoms with Crippen LogP contribution in [0.3, 0.4) is 0 Å². The zero-order chi connectivity index (χ0) is 11.6. The van der Waals surface area contributed by atoms with Crippen LogP contribution in [-0.2, 0) is 0 Å². The third kappa shape index (κ3) is 4.71. The topological polar surface area (TPSA) is 96.3 Å². The summed E-state index contributed by atoms with van der Waals surface area (Å²) in [6.45, 7) is 2.18. The van der Waals surface area contributed by atoms with Crippen molar-refractivity contribution in [3.8, 4) is 12.1 Å². The smallest absolute Gasteiger partial charge is 0.147 e. The van der Waals surface area contributed by atoms with Crippen LogP contribution in [0.4, 0.5) is 0 Å². The van der Waals surface area contributed by atoms with Crippen molar-refractivity contribution in [3.63, 3.8) is 0 Å². The first-order valence-electron chi connectivity index (χ1n) is 4.69. The summed E-state index contributed by atoms with van der Waals surface area (Å²) in [6, 6.07) is 4.06. The molecule has 0 fully saturated rings. The van der Waals surface area contributed by atoms with Crippen molar-refractivity contribution in [2.45, 2.75) is 26.2 Å². The number of azide groups is 1. The Bertz CT molecular complexity index is 324. The minimum Gasteiger partial charge on any atom is -0.197 e. The fraction of sp³-hybridized carbons (Fsp3) is 0.600. The van der Waals surface area contributed by atoms with E-state index in [-0.39, 0.29) is 0 Å². The van der Waals surface area contributed by atoms with Gasteiger partial charge in [0.05, 0.1) is 12.1 Å². The van der Waals surface area contributed by atoms with E-state index in [1.807, 2.05) is 25.1 Å². The van der Waals surface area contributed by atoms with Gasteiger partial charge in [0.25, 0.3) is 0 Å². The van der Waals surface area contributed by atoms with Crippen LogP contribution in [-0.4, -0.2) is 6.54 Å². The standard InChI is InChI=1S/C10H13N5/c1-2-3-5-10(8-11,9-12)6-4-7-14-15-13/h2-3H,4-7H2,1H3/b3-2+. The SMILES string of the molecule is C/C=C/CC(C#N)(C#N)CCCN=[N+]=[N-]. The Morgan fingerprint density at radius 3 is 2.60 bits per heavy atom. The molecule has 0 aromatic rings. The van der Waals surface area contributed by atoms with Gasteiger partial charge in [0, 0.05) is 11.5 Å². The normalized spacial score (nSPS) is 10.3. The van der Waals surface area contributed by atoms with E-state index in [9.17, 15) is 0 Å². The van der Waals surface area contributed by atoms with Crippen LogP contribution in [0.1, 0.15) is 26.2 Å². The van der Waals surface area contributed by atoms with Crippen molar-refractivity contribution in [2.75, 3.05) is 6.54 Å². The molecule has 0 spiro atoms. The lowest BCUT2D eigenvalue weighted by molar-refractivity contribution is 0.467. The number of rotatable bonds is 6. The van der Waals surface area contributed by atoms with Crippen molar-refractivity contribution < 1.29 is 0 Å². The lowest BCUT2D eigenvalue weighted by Gasteiger charge is -2.15. The van der Waals surface area contributed by atoms with Crippen molar-refractivity contribution >= 4 is 0 Å². The summed E-state index contributed by atoms with van der Waals surface area (Å²) < 4.78 is 0. The molecule has 0 aliphatic rings. The van der Waals surface area contributed by atoms with Crippen LogP contribution in [0.15, 0.2) is 17.3 Å². The molecule has 0 radical (unpaired) electrons. The van der Waals surface area contributed by atoms with Gasteiger partial charge >= 0.3 is 0 Å². The third-order valence-corrected chi connectivity index (χ3v) is 2.05. The van der Waals surface area contributed by atoms with Gasteiger partial charge in [-0.1, -0.05) is 17.3 Å². The van der Waals surface area contributed by atoms with Crippen molar-refractivity contribution in [2.24, 2.45) is 10.5 Å². The molecule has 0 N–H and O–H groups in total. The molecule has 0 unspecified atom stereocenters. The highest BCUT2D eigenvalue weighted by molar-refractivity contribution is 5.16. The number of allylic oxidation sites excluding steroid dienone is 2. The zero-order valence-electron chi connectivity index (χ0n) is 8.72. The molecule has 0 saturated carbocycles. The second-order valence-electron chi connectivity index (χ2n) is 3.14. The number of nitrogens with zero attached hydrogens (tertiary/aromatic N) is 5. The molecule has 0 aromatic carbocycles. The second kappa shape index (κ2) is 7.44. The van der Waals surface area contributed by atoms with Gasteiger partial charge < -0.3 is 0 Å². The van der Waals surface area contributed by atoms with Gasteiger partial charge in [0.1, 0.15) is 5.41 Å². The second-order valence-corrected chi connectivity index (χ2v) is 3.14. The predicted molar refractivity (Wildman–Crippen MR) is 56.3 cm³/mol. The number of hydrogen-bond donors (Lipinski definition) is 0. The molecule has 0 saturated heterocycles. The first kappa shape index (κ1) is 13.0. The Labute approximate surface area is 89.3 Å². The van der Waals surface area contributed by atoms with E-state index in [0.717, 1.165) is 0 Å². The first-order chi connectivity index (χ1) is 7.24. The van der Waals surface area contributed by atoms with E-state index in [2.05, 4.69) is 10.0 Å². The predicted octanol–water partition coefficient (Wildman–Crippen LogP) is 3.08. The van der Waals surface area contributed by atoms with E-state index in [0.29, 0.717) is 25.8 Å². The van der Waals surface area contributed by atoms with Gasteiger partial charge in [-0.25, -0.2) is 0 Å². The number of hydrogen-bond acceptors (Lipinski definition) is 3. The quantitative estimate of drug-likeness (QED) is 0.218. The maximum absolute atomic E-state index is 8.95. The summed E-state index contributed by atoms with van der Waals surface area (Å²) >= 11 is 0. The Morgan fingerprint density at radius 2 is 2.13 bits per heavy atom. The molecule has 15 heavy (non-hydrogen) atoms. The molecule has 5 nitrogen and oxygen atoms in total. The van der Waals surface area contributed by atoms with Gasteiger partial charge in [-0.2, -0.15) is 10.5 Å². The monoisotopic (exact) mass is 203 g/mol. The average molecular weight is 203 g/mol. The van der Waals surface area contributed by atoms with Crippen LogP contribution in [0, 0.1) is 28.1 Å². The molecular weight excluding hydrogens is 190 g/mol. The first-order valence-corrected chi connectivity index (χ1v) is 4.69. The van der Waals surface area contributed by atoms with E-state index < -0.39 is 5.41 Å². The Morgan fingerprint density at radius 1 is 1.47 bits per heavy atom. The van der Waals surface area contributed by atoms with Crippen LogP contribution < -0.4 is 0 Å². The molecule has 0 aliphatic carbocycles. The fourth-order valence-electron chi connectivity index (χ4n) is 1.15. The zero-order valence-corrected chi connectivity index (χ0v) is 8.72.